The van der Waals surface area contributed by atoms with Crippen molar-refractivity contribution in [2.45, 2.75) is 11.9 Å². The van der Waals surface area contributed by atoms with Gasteiger partial charge in [-0.15, -0.1) is 0 Å². The minimum absolute atomic E-state index is 0.155. The summed E-state index contributed by atoms with van der Waals surface area (Å²) in [7, 11) is -2.58. The number of aryl methyl sites for hydroxylation is 1. The predicted molar refractivity (Wildman–Crippen MR) is 131 cm³/mol. The molecule has 3 aromatic carbocycles. The molecular formula is C25H21N3OPS+. The maximum Gasteiger partial charge on any atom is 0.295 e. The summed E-state index contributed by atoms with van der Waals surface area (Å²) in [6.07, 6.45) is 0. The van der Waals surface area contributed by atoms with Crippen LogP contribution < -0.4 is 26.8 Å². The molecule has 0 saturated carbocycles. The van der Waals surface area contributed by atoms with Crippen molar-refractivity contribution < 1.29 is 0 Å². The molecule has 0 radical (unpaired) electrons. The molecule has 4 aromatic rings. The number of H-pyrrole nitrogens is 1. The van der Waals surface area contributed by atoms with E-state index in [1.807, 2.05) is 54.6 Å². The summed E-state index contributed by atoms with van der Waals surface area (Å²) < 4.78 is 0. The SMILES string of the molecule is Cc1nc(SCC#N)c([P+](c2ccccc2)(c2ccccc2)c2ccccc2)c(=O)[nH]1. The van der Waals surface area contributed by atoms with Gasteiger partial charge in [-0.25, -0.2) is 4.98 Å². The third-order valence-electron chi connectivity index (χ3n) is 5.02. The Balaban J connectivity index is 2.20. The molecule has 0 atom stereocenters. The summed E-state index contributed by atoms with van der Waals surface area (Å²) in [5.74, 6) is 0.767. The van der Waals surface area contributed by atoms with Crippen LogP contribution in [-0.4, -0.2) is 15.7 Å². The van der Waals surface area contributed by atoms with E-state index in [-0.39, 0.29) is 11.3 Å². The fourth-order valence-corrected chi connectivity index (χ4v) is 9.30. The van der Waals surface area contributed by atoms with Crippen molar-refractivity contribution in [1.82, 2.24) is 9.97 Å². The number of aromatic nitrogens is 2. The predicted octanol–water partition coefficient (Wildman–Crippen LogP) is 3.31. The average molecular weight is 443 g/mol. The number of hydrogen-bond acceptors (Lipinski definition) is 4. The molecule has 4 rings (SSSR count). The smallest absolute Gasteiger partial charge is 0.295 e. The zero-order valence-corrected chi connectivity index (χ0v) is 18.7. The van der Waals surface area contributed by atoms with Gasteiger partial charge < -0.3 is 4.98 Å². The Kier molecular flexibility index (Phi) is 6.32. The van der Waals surface area contributed by atoms with Crippen molar-refractivity contribution in [2.24, 2.45) is 0 Å². The first kappa shape index (κ1) is 21.1. The summed E-state index contributed by atoms with van der Waals surface area (Å²) in [5.41, 5.74) is -0.155. The van der Waals surface area contributed by atoms with Crippen LogP contribution in [0.4, 0.5) is 0 Å². The van der Waals surface area contributed by atoms with Crippen molar-refractivity contribution >= 4 is 40.2 Å². The molecule has 4 nitrogen and oxygen atoms in total. The molecule has 1 heterocycles. The largest absolute Gasteiger partial charge is 0.307 e. The topological polar surface area (TPSA) is 69.5 Å². The first-order chi connectivity index (χ1) is 15.2. The van der Waals surface area contributed by atoms with E-state index in [0.29, 0.717) is 16.2 Å². The second-order valence-corrected chi connectivity index (χ2v) is 11.2. The summed E-state index contributed by atoms with van der Waals surface area (Å²) in [6, 6.07) is 32.7. The molecule has 0 aliphatic carbocycles. The molecule has 1 N–H and O–H groups in total. The third kappa shape index (κ3) is 3.93. The van der Waals surface area contributed by atoms with Crippen molar-refractivity contribution in [3.8, 4) is 6.07 Å². The Morgan fingerprint density at radius 2 is 1.32 bits per heavy atom. The summed E-state index contributed by atoms with van der Waals surface area (Å²) >= 11 is 1.32. The van der Waals surface area contributed by atoms with Crippen LogP contribution in [0.15, 0.2) is 101 Å². The van der Waals surface area contributed by atoms with E-state index in [2.05, 4.69) is 47.5 Å². The number of rotatable bonds is 6. The molecule has 0 amide bonds. The molecule has 0 aliphatic rings. The van der Waals surface area contributed by atoms with Crippen molar-refractivity contribution in [1.29, 1.82) is 5.26 Å². The molecular weight excluding hydrogens is 421 g/mol. The minimum atomic E-state index is -2.58. The van der Waals surface area contributed by atoms with Crippen LogP contribution in [0.1, 0.15) is 5.82 Å². The monoisotopic (exact) mass is 442 g/mol. The Bertz CT molecular complexity index is 1170. The number of benzene rings is 3. The maximum absolute atomic E-state index is 13.6. The van der Waals surface area contributed by atoms with Gasteiger partial charge in [0.2, 0.25) is 5.30 Å². The molecule has 0 unspecified atom stereocenters. The van der Waals surface area contributed by atoms with E-state index in [9.17, 15) is 10.1 Å². The Morgan fingerprint density at radius 1 is 0.871 bits per heavy atom. The van der Waals surface area contributed by atoms with Gasteiger partial charge in [-0.1, -0.05) is 66.4 Å². The molecule has 0 saturated heterocycles. The lowest BCUT2D eigenvalue weighted by atomic mass is 10.4. The van der Waals surface area contributed by atoms with Crippen LogP contribution >= 0.6 is 19.0 Å². The number of thioether (sulfide) groups is 1. The van der Waals surface area contributed by atoms with Gasteiger partial charge in [-0.3, -0.25) is 4.79 Å². The second kappa shape index (κ2) is 9.31. The van der Waals surface area contributed by atoms with E-state index < -0.39 is 7.26 Å². The third-order valence-corrected chi connectivity index (χ3v) is 10.3. The van der Waals surface area contributed by atoms with Crippen LogP contribution in [0.25, 0.3) is 0 Å². The van der Waals surface area contributed by atoms with Gasteiger partial charge in [0.05, 0.1) is 11.8 Å². The summed E-state index contributed by atoms with van der Waals surface area (Å²) in [6.45, 7) is 1.77. The van der Waals surface area contributed by atoms with Gasteiger partial charge in [0.15, 0.2) is 7.26 Å². The van der Waals surface area contributed by atoms with Crippen molar-refractivity contribution in [3.05, 3.63) is 107 Å². The van der Waals surface area contributed by atoms with Crippen molar-refractivity contribution in [2.75, 3.05) is 5.75 Å². The fourth-order valence-electron chi connectivity index (χ4n) is 3.84. The van der Waals surface area contributed by atoms with Gasteiger partial charge in [-0.2, -0.15) is 5.26 Å². The lowest BCUT2D eigenvalue weighted by Crippen LogP contribution is -2.46. The summed E-state index contributed by atoms with van der Waals surface area (Å²) in [4.78, 5) is 21.3. The van der Waals surface area contributed by atoms with Crippen LogP contribution in [0.3, 0.4) is 0 Å². The molecule has 6 heteroatoms. The van der Waals surface area contributed by atoms with Gasteiger partial charge in [0.1, 0.15) is 26.8 Å². The lowest BCUT2D eigenvalue weighted by Gasteiger charge is -2.27. The van der Waals surface area contributed by atoms with E-state index in [1.54, 1.807) is 6.92 Å². The Morgan fingerprint density at radius 3 is 1.74 bits per heavy atom. The van der Waals surface area contributed by atoms with E-state index in [1.165, 1.54) is 11.8 Å². The number of nitrogens with zero attached hydrogens (tertiary/aromatic N) is 2. The Labute approximate surface area is 186 Å². The normalized spacial score (nSPS) is 11.1. The molecule has 0 aliphatic heterocycles. The zero-order chi connectivity index (χ0) is 21.7. The first-order valence-corrected chi connectivity index (χ1v) is 12.6. The Hall–Kier alpha value is -3.19. The van der Waals surface area contributed by atoms with E-state index in [0.717, 1.165) is 15.9 Å². The highest BCUT2D eigenvalue weighted by atomic mass is 32.2. The van der Waals surface area contributed by atoms with Crippen LogP contribution in [0, 0.1) is 18.3 Å². The van der Waals surface area contributed by atoms with Gasteiger partial charge in [0, 0.05) is 0 Å². The molecule has 0 spiro atoms. The average Bonchev–Trinajstić information content (AvgIpc) is 2.81. The van der Waals surface area contributed by atoms with Crippen molar-refractivity contribution in [3.63, 3.8) is 0 Å². The number of nitrogens with one attached hydrogen (secondary N) is 1. The zero-order valence-electron chi connectivity index (χ0n) is 17.0. The molecule has 0 fully saturated rings. The highest BCUT2D eigenvalue weighted by Gasteiger charge is 2.52. The van der Waals surface area contributed by atoms with E-state index >= 15 is 0 Å². The lowest BCUT2D eigenvalue weighted by molar-refractivity contribution is 0.961. The molecule has 0 bridgehead atoms. The fraction of sp³-hybridized carbons (Fsp3) is 0.0800. The quantitative estimate of drug-likeness (QED) is 0.283. The molecule has 1 aromatic heterocycles. The van der Waals surface area contributed by atoms with E-state index in [4.69, 9.17) is 4.98 Å². The standard InChI is InChI=1S/C25H20N3OPS/c1-19-27-24(29)23(25(28-19)31-18-17-26)30(20-11-5-2-6-12-20,21-13-7-3-8-14-21)22-15-9-4-10-16-22/h2-16H,18H2,1H3/p+1. The van der Waals surface area contributed by atoms with Gasteiger partial charge in [0.25, 0.3) is 5.56 Å². The van der Waals surface area contributed by atoms with Gasteiger partial charge >= 0.3 is 0 Å². The van der Waals surface area contributed by atoms with Crippen LogP contribution in [0.2, 0.25) is 0 Å². The van der Waals surface area contributed by atoms with Gasteiger partial charge in [-0.05, 0) is 43.3 Å². The number of hydrogen-bond donors (Lipinski definition) is 1. The number of aromatic amines is 1. The number of nitriles is 1. The highest BCUT2D eigenvalue weighted by molar-refractivity contribution is 8.04. The molecule has 31 heavy (non-hydrogen) atoms. The summed E-state index contributed by atoms with van der Waals surface area (Å²) in [5, 5.41) is 13.7. The first-order valence-electron chi connectivity index (χ1n) is 9.85. The van der Waals surface area contributed by atoms with Crippen LogP contribution in [0.5, 0.6) is 0 Å². The van der Waals surface area contributed by atoms with Crippen LogP contribution in [-0.2, 0) is 0 Å². The molecule has 152 valence electrons. The minimum Gasteiger partial charge on any atom is -0.307 e. The highest BCUT2D eigenvalue weighted by Crippen LogP contribution is 2.54. The second-order valence-electron chi connectivity index (χ2n) is 6.93. The maximum atomic E-state index is 13.6.